The van der Waals surface area contributed by atoms with Gasteiger partial charge < -0.3 is 4.57 Å². The minimum Gasteiger partial charge on any atom is -0.300 e. The van der Waals surface area contributed by atoms with Gasteiger partial charge in [0.05, 0.1) is 0 Å². The van der Waals surface area contributed by atoms with Crippen LogP contribution in [0.4, 0.5) is 0 Å². The van der Waals surface area contributed by atoms with E-state index in [1.807, 2.05) is 0 Å². The van der Waals surface area contributed by atoms with Gasteiger partial charge in [0.15, 0.2) is 0 Å². The summed E-state index contributed by atoms with van der Waals surface area (Å²) in [5, 5.41) is 1.83. The van der Waals surface area contributed by atoms with Crippen molar-refractivity contribution in [2.75, 3.05) is 10.7 Å². The average molecular weight is 396 g/mol. The van der Waals surface area contributed by atoms with E-state index in [2.05, 4.69) is 31.9 Å². The first-order valence-electron chi connectivity index (χ1n) is 6.54. The second kappa shape index (κ2) is 8.74. The first-order chi connectivity index (χ1) is 9.11. The van der Waals surface area contributed by atoms with E-state index in [9.17, 15) is 9.59 Å². The highest BCUT2D eigenvalue weighted by molar-refractivity contribution is 9.09. The predicted molar refractivity (Wildman–Crippen MR) is 85.8 cm³/mol. The van der Waals surface area contributed by atoms with Gasteiger partial charge in [-0.05, 0) is 32.6 Å². The molecule has 1 rings (SSSR count). The van der Waals surface area contributed by atoms with Gasteiger partial charge >= 0.3 is 5.69 Å². The van der Waals surface area contributed by atoms with E-state index in [1.165, 1.54) is 4.57 Å². The van der Waals surface area contributed by atoms with Crippen LogP contribution in [0.2, 0.25) is 0 Å². The van der Waals surface area contributed by atoms with Crippen LogP contribution in [0.25, 0.3) is 0 Å². The van der Waals surface area contributed by atoms with Crippen molar-refractivity contribution in [1.29, 1.82) is 0 Å². The zero-order valence-electron chi connectivity index (χ0n) is 11.2. The molecule has 0 spiro atoms. The summed E-state index contributed by atoms with van der Waals surface area (Å²) in [5.74, 6) is 0. The molecule has 1 heterocycles. The lowest BCUT2D eigenvalue weighted by Crippen LogP contribution is -2.40. The maximum absolute atomic E-state index is 12.2. The van der Waals surface area contributed by atoms with Crippen LogP contribution in [-0.2, 0) is 13.1 Å². The quantitative estimate of drug-likeness (QED) is 0.501. The van der Waals surface area contributed by atoms with Crippen molar-refractivity contribution in [2.45, 2.75) is 45.7 Å². The lowest BCUT2D eigenvalue weighted by atomic mass is 10.3. The van der Waals surface area contributed by atoms with Gasteiger partial charge in [0.1, 0.15) is 0 Å². The van der Waals surface area contributed by atoms with E-state index >= 15 is 0 Å². The molecule has 19 heavy (non-hydrogen) atoms. The predicted octanol–water partition coefficient (Wildman–Crippen LogP) is 2.67. The number of halogens is 2. The number of rotatable bonds is 8. The summed E-state index contributed by atoms with van der Waals surface area (Å²) in [5.41, 5.74) is 0.299. The Labute approximate surface area is 130 Å². The molecule has 0 atom stereocenters. The topological polar surface area (TPSA) is 44.0 Å². The van der Waals surface area contributed by atoms with Gasteiger partial charge in [-0.1, -0.05) is 31.9 Å². The van der Waals surface area contributed by atoms with Crippen molar-refractivity contribution < 1.29 is 0 Å². The van der Waals surface area contributed by atoms with Crippen LogP contribution in [-0.4, -0.2) is 19.8 Å². The largest absolute Gasteiger partial charge is 0.330 e. The molecule has 0 bridgehead atoms. The Morgan fingerprint density at radius 2 is 1.58 bits per heavy atom. The van der Waals surface area contributed by atoms with Crippen molar-refractivity contribution in [3.05, 3.63) is 32.6 Å². The average Bonchev–Trinajstić information content (AvgIpc) is 2.40. The lowest BCUT2D eigenvalue weighted by molar-refractivity contribution is 0.515. The molecule has 1 aromatic rings. The maximum atomic E-state index is 12.2. The number of hydrogen-bond donors (Lipinski definition) is 0. The number of hydrogen-bond acceptors (Lipinski definition) is 2. The van der Waals surface area contributed by atoms with E-state index in [4.69, 9.17) is 0 Å². The number of nitrogens with zero attached hydrogens (tertiary/aromatic N) is 2. The minimum atomic E-state index is -0.181. The molecule has 0 aliphatic rings. The molecule has 1 aromatic heterocycles. The van der Waals surface area contributed by atoms with Crippen LogP contribution < -0.4 is 11.2 Å². The Balaban J connectivity index is 2.94. The molecule has 0 saturated carbocycles. The number of aromatic nitrogens is 2. The van der Waals surface area contributed by atoms with Gasteiger partial charge in [-0.3, -0.25) is 9.36 Å². The monoisotopic (exact) mass is 394 g/mol. The summed E-state index contributed by atoms with van der Waals surface area (Å²) < 4.78 is 3.03. The molecule has 0 unspecified atom stereocenters. The molecule has 0 radical (unpaired) electrons. The third-order valence-electron chi connectivity index (χ3n) is 2.96. The third-order valence-corrected chi connectivity index (χ3v) is 4.08. The molecular formula is C13H20Br2N2O2. The zero-order valence-corrected chi connectivity index (χ0v) is 14.4. The van der Waals surface area contributed by atoms with E-state index in [-0.39, 0.29) is 11.2 Å². The molecule has 0 N–H and O–H groups in total. The van der Waals surface area contributed by atoms with Crippen LogP contribution >= 0.6 is 31.9 Å². The summed E-state index contributed by atoms with van der Waals surface area (Å²) >= 11 is 6.73. The summed E-state index contributed by atoms with van der Waals surface area (Å²) in [6.07, 6.45) is 5.44. The standard InChI is InChI=1S/C13H20Br2N2O2/c1-11-10-16(8-4-2-6-14)13(19)17(12(11)18)9-5-3-7-15/h10H,2-9H2,1H3. The highest BCUT2D eigenvalue weighted by Crippen LogP contribution is 1.99. The minimum absolute atomic E-state index is 0.156. The van der Waals surface area contributed by atoms with Crippen LogP contribution in [0.1, 0.15) is 31.2 Å². The third kappa shape index (κ3) is 4.91. The molecule has 0 fully saturated rings. The number of aryl methyl sites for hydroxylation is 2. The van der Waals surface area contributed by atoms with E-state index in [0.29, 0.717) is 18.7 Å². The molecule has 0 aliphatic carbocycles. The maximum Gasteiger partial charge on any atom is 0.330 e. The van der Waals surface area contributed by atoms with Gasteiger partial charge in [0, 0.05) is 35.5 Å². The fourth-order valence-corrected chi connectivity index (χ4v) is 2.69. The van der Waals surface area contributed by atoms with Gasteiger partial charge in [-0.2, -0.15) is 0 Å². The van der Waals surface area contributed by atoms with Crippen LogP contribution in [0.3, 0.4) is 0 Å². The summed E-state index contributed by atoms with van der Waals surface area (Å²) in [4.78, 5) is 24.2. The molecule has 4 nitrogen and oxygen atoms in total. The van der Waals surface area contributed by atoms with E-state index in [0.717, 1.165) is 36.3 Å². The Morgan fingerprint density at radius 1 is 1.00 bits per heavy atom. The Hall–Kier alpha value is -0.360. The SMILES string of the molecule is Cc1cn(CCCCBr)c(=O)n(CCCCBr)c1=O. The molecule has 0 amide bonds. The fraction of sp³-hybridized carbons (Fsp3) is 0.692. The van der Waals surface area contributed by atoms with E-state index < -0.39 is 0 Å². The summed E-state index contributed by atoms with van der Waals surface area (Å²) in [6.45, 7) is 2.94. The van der Waals surface area contributed by atoms with Crippen molar-refractivity contribution in [3.63, 3.8) is 0 Å². The van der Waals surface area contributed by atoms with Gasteiger partial charge in [-0.25, -0.2) is 4.79 Å². The smallest absolute Gasteiger partial charge is 0.300 e. The summed E-state index contributed by atoms with van der Waals surface area (Å²) in [6, 6.07) is 0. The number of unbranched alkanes of at least 4 members (excludes halogenated alkanes) is 2. The van der Waals surface area contributed by atoms with Crippen molar-refractivity contribution in [2.24, 2.45) is 0 Å². The molecule has 108 valence electrons. The highest BCUT2D eigenvalue weighted by Gasteiger charge is 2.08. The highest BCUT2D eigenvalue weighted by atomic mass is 79.9. The normalized spacial score (nSPS) is 10.9. The second-order valence-corrected chi connectivity index (χ2v) is 6.12. The lowest BCUT2D eigenvalue weighted by Gasteiger charge is -2.11. The van der Waals surface area contributed by atoms with Crippen molar-refractivity contribution in [1.82, 2.24) is 9.13 Å². The van der Waals surface area contributed by atoms with Crippen LogP contribution in [0, 0.1) is 6.92 Å². The molecule has 0 aliphatic heterocycles. The van der Waals surface area contributed by atoms with Gasteiger partial charge in [-0.15, -0.1) is 0 Å². The zero-order chi connectivity index (χ0) is 14.3. The van der Waals surface area contributed by atoms with Crippen molar-refractivity contribution in [3.8, 4) is 0 Å². The van der Waals surface area contributed by atoms with Crippen LogP contribution in [0.5, 0.6) is 0 Å². The molecule has 0 aromatic carbocycles. The Bertz CT molecular complexity index is 508. The molecular weight excluding hydrogens is 376 g/mol. The van der Waals surface area contributed by atoms with Gasteiger partial charge in [0.25, 0.3) is 5.56 Å². The Morgan fingerprint density at radius 3 is 2.16 bits per heavy atom. The van der Waals surface area contributed by atoms with Gasteiger partial charge in [0.2, 0.25) is 0 Å². The second-order valence-electron chi connectivity index (χ2n) is 4.54. The van der Waals surface area contributed by atoms with Crippen molar-refractivity contribution >= 4 is 31.9 Å². The molecule has 6 heteroatoms. The first kappa shape index (κ1) is 16.7. The Kier molecular flexibility index (Phi) is 7.68. The van der Waals surface area contributed by atoms with Crippen LogP contribution in [0.15, 0.2) is 15.8 Å². The molecule has 0 saturated heterocycles. The number of alkyl halides is 2. The van der Waals surface area contributed by atoms with E-state index in [1.54, 1.807) is 17.7 Å². The summed E-state index contributed by atoms with van der Waals surface area (Å²) in [7, 11) is 0. The fourth-order valence-electron chi connectivity index (χ4n) is 1.90. The first-order valence-corrected chi connectivity index (χ1v) is 8.79.